The van der Waals surface area contributed by atoms with Crippen LogP contribution in [0.15, 0.2) is 6.20 Å². The molecule has 0 radical (unpaired) electrons. The zero-order chi connectivity index (χ0) is 16.9. The third-order valence-electron chi connectivity index (χ3n) is 2.58. The molecule has 0 aliphatic carbocycles. The highest BCUT2D eigenvalue weighted by atomic mass is 16.6. The highest BCUT2D eigenvalue weighted by Gasteiger charge is 2.18. The summed E-state index contributed by atoms with van der Waals surface area (Å²) < 4.78 is 6.57. The number of aryl methyl sites for hydroxylation is 2. The second-order valence-corrected chi connectivity index (χ2v) is 5.71. The number of hydrogen-bond acceptors (Lipinski definition) is 6. The van der Waals surface area contributed by atoms with E-state index in [1.54, 1.807) is 27.7 Å². The Morgan fingerprint density at radius 1 is 1.45 bits per heavy atom. The molecule has 0 unspecified atom stereocenters. The molecule has 0 bridgehead atoms. The lowest BCUT2D eigenvalue weighted by Crippen LogP contribution is -2.34. The van der Waals surface area contributed by atoms with Crippen molar-refractivity contribution in [2.75, 3.05) is 6.54 Å². The topological polar surface area (TPSA) is 116 Å². The maximum absolute atomic E-state index is 11.7. The molecule has 122 valence electrons. The first-order valence-electron chi connectivity index (χ1n) is 6.75. The summed E-state index contributed by atoms with van der Waals surface area (Å²) >= 11 is 0. The third kappa shape index (κ3) is 5.90. The number of nitro groups is 1. The zero-order valence-corrected chi connectivity index (χ0v) is 13.1. The lowest BCUT2D eigenvalue weighted by Gasteiger charge is -2.19. The molecule has 1 aromatic rings. The molecule has 1 aromatic heterocycles. The Morgan fingerprint density at radius 2 is 2.09 bits per heavy atom. The Labute approximate surface area is 127 Å². The highest BCUT2D eigenvalue weighted by molar-refractivity contribution is 5.81. The molecule has 0 aromatic carbocycles. The quantitative estimate of drug-likeness (QED) is 0.475. The summed E-state index contributed by atoms with van der Waals surface area (Å²) in [5, 5.41) is 13.0. The minimum Gasteiger partial charge on any atom is -0.459 e. The predicted octanol–water partition coefficient (Wildman–Crippen LogP) is 0.948. The van der Waals surface area contributed by atoms with Crippen LogP contribution in [0.4, 0.5) is 5.82 Å². The van der Waals surface area contributed by atoms with Crippen molar-refractivity contribution in [3.8, 4) is 0 Å². The average molecular weight is 312 g/mol. The van der Waals surface area contributed by atoms with E-state index in [0.29, 0.717) is 5.82 Å². The van der Waals surface area contributed by atoms with E-state index in [2.05, 4.69) is 10.3 Å². The number of aromatic nitrogens is 2. The molecule has 22 heavy (non-hydrogen) atoms. The molecule has 1 rings (SSSR count). The van der Waals surface area contributed by atoms with Gasteiger partial charge in [-0.05, 0) is 30.7 Å². The lowest BCUT2D eigenvalue weighted by atomic mass is 10.2. The lowest BCUT2D eigenvalue weighted by molar-refractivity contribution is -0.389. The van der Waals surface area contributed by atoms with Gasteiger partial charge in [-0.1, -0.05) is 0 Å². The van der Waals surface area contributed by atoms with Gasteiger partial charge in [0.1, 0.15) is 18.3 Å². The molecule has 0 saturated heterocycles. The fourth-order valence-electron chi connectivity index (χ4n) is 1.66. The first-order chi connectivity index (χ1) is 10.1. The van der Waals surface area contributed by atoms with Gasteiger partial charge in [0.2, 0.25) is 11.7 Å². The molecule has 0 saturated carbocycles. The van der Waals surface area contributed by atoms with Gasteiger partial charge >= 0.3 is 11.8 Å². The molecule has 1 heterocycles. The Bertz CT molecular complexity index is 573. The van der Waals surface area contributed by atoms with E-state index in [-0.39, 0.29) is 31.2 Å². The van der Waals surface area contributed by atoms with Gasteiger partial charge in [-0.15, -0.1) is 0 Å². The monoisotopic (exact) mass is 312 g/mol. The number of imidazole rings is 1. The van der Waals surface area contributed by atoms with Crippen molar-refractivity contribution in [3.05, 3.63) is 22.1 Å². The molecule has 0 aliphatic rings. The van der Waals surface area contributed by atoms with E-state index in [9.17, 15) is 19.7 Å². The summed E-state index contributed by atoms with van der Waals surface area (Å²) in [6.07, 6.45) is 1.35. The van der Waals surface area contributed by atoms with Gasteiger partial charge < -0.3 is 24.7 Å². The Morgan fingerprint density at radius 3 is 2.59 bits per heavy atom. The summed E-state index contributed by atoms with van der Waals surface area (Å²) in [7, 11) is 0. The van der Waals surface area contributed by atoms with Crippen LogP contribution < -0.4 is 5.32 Å². The molecule has 1 amide bonds. The number of ether oxygens (including phenoxy) is 1. The van der Waals surface area contributed by atoms with Crippen molar-refractivity contribution in [1.82, 2.24) is 14.9 Å². The molecule has 9 nitrogen and oxygen atoms in total. The standard InChI is InChI=1S/C13H20N4O5/c1-9-15-10(17(20)21)8-16(9)6-5-11(18)14-7-12(19)22-13(2,3)4/h8H,5-7H2,1-4H3,(H,14,18). The van der Waals surface area contributed by atoms with Crippen molar-refractivity contribution in [2.45, 2.75) is 46.3 Å². The van der Waals surface area contributed by atoms with E-state index in [1.165, 1.54) is 10.8 Å². The van der Waals surface area contributed by atoms with Crippen molar-refractivity contribution in [2.24, 2.45) is 0 Å². The smallest absolute Gasteiger partial charge is 0.381 e. The van der Waals surface area contributed by atoms with Gasteiger partial charge in [0.25, 0.3) is 0 Å². The Balaban J connectivity index is 2.40. The summed E-state index contributed by atoms with van der Waals surface area (Å²) in [6, 6.07) is 0. The molecule has 0 atom stereocenters. The van der Waals surface area contributed by atoms with Crippen molar-refractivity contribution < 1.29 is 19.2 Å². The van der Waals surface area contributed by atoms with Crippen LogP contribution >= 0.6 is 0 Å². The van der Waals surface area contributed by atoms with Crippen LogP contribution in [0.25, 0.3) is 0 Å². The molecule has 1 N–H and O–H groups in total. The van der Waals surface area contributed by atoms with Crippen LogP contribution in [-0.2, 0) is 20.9 Å². The van der Waals surface area contributed by atoms with Crippen LogP contribution in [0, 0.1) is 17.0 Å². The third-order valence-corrected chi connectivity index (χ3v) is 2.58. The first kappa shape index (κ1) is 17.6. The van der Waals surface area contributed by atoms with Crippen molar-refractivity contribution in [1.29, 1.82) is 0 Å². The van der Waals surface area contributed by atoms with Gasteiger partial charge in [-0.2, -0.15) is 0 Å². The summed E-state index contributed by atoms with van der Waals surface area (Å²) in [6.45, 7) is 6.86. The largest absolute Gasteiger partial charge is 0.459 e. The SMILES string of the molecule is Cc1nc([N+](=O)[O-])cn1CCC(=O)NCC(=O)OC(C)(C)C. The summed E-state index contributed by atoms with van der Waals surface area (Å²) in [5.74, 6) is -0.671. The van der Waals surface area contributed by atoms with Crippen molar-refractivity contribution in [3.63, 3.8) is 0 Å². The highest BCUT2D eigenvalue weighted by Crippen LogP contribution is 2.10. The molecular weight excluding hydrogens is 292 g/mol. The van der Waals surface area contributed by atoms with Gasteiger partial charge in [-0.3, -0.25) is 9.59 Å². The minimum absolute atomic E-state index is 0.0805. The molecule has 0 spiro atoms. The number of nitrogens with one attached hydrogen (secondary N) is 1. The van der Waals surface area contributed by atoms with Crippen molar-refractivity contribution >= 4 is 17.7 Å². The Kier molecular flexibility index (Phi) is 5.61. The number of hydrogen-bond donors (Lipinski definition) is 1. The number of nitrogens with zero attached hydrogens (tertiary/aromatic N) is 3. The van der Waals surface area contributed by atoms with E-state index >= 15 is 0 Å². The number of esters is 1. The molecular formula is C13H20N4O5. The van der Waals surface area contributed by atoms with E-state index < -0.39 is 16.5 Å². The maximum Gasteiger partial charge on any atom is 0.381 e. The molecule has 0 aliphatic heterocycles. The number of rotatable bonds is 6. The van der Waals surface area contributed by atoms with Crippen LogP contribution in [0.5, 0.6) is 0 Å². The average Bonchev–Trinajstić information content (AvgIpc) is 2.73. The van der Waals surface area contributed by atoms with E-state index in [1.807, 2.05) is 0 Å². The van der Waals surface area contributed by atoms with Gasteiger partial charge in [-0.25, -0.2) is 0 Å². The van der Waals surface area contributed by atoms with E-state index in [0.717, 1.165) is 0 Å². The Hall–Kier alpha value is -2.45. The fraction of sp³-hybridized carbons (Fsp3) is 0.615. The number of carbonyl (C=O) groups excluding carboxylic acids is 2. The molecule has 0 fully saturated rings. The fourth-order valence-corrected chi connectivity index (χ4v) is 1.66. The van der Waals surface area contributed by atoms with Gasteiger partial charge in [0.05, 0.1) is 0 Å². The minimum atomic E-state index is -0.603. The van der Waals surface area contributed by atoms with Crippen LogP contribution in [-0.4, -0.2) is 38.5 Å². The maximum atomic E-state index is 11.7. The summed E-state index contributed by atoms with van der Waals surface area (Å²) in [5.41, 5.74) is -0.603. The first-order valence-corrected chi connectivity index (χ1v) is 6.75. The predicted molar refractivity (Wildman–Crippen MR) is 77.1 cm³/mol. The van der Waals surface area contributed by atoms with Crippen LogP contribution in [0.3, 0.4) is 0 Å². The number of amides is 1. The second kappa shape index (κ2) is 7.01. The van der Waals surface area contributed by atoms with Crippen LogP contribution in [0.1, 0.15) is 33.0 Å². The second-order valence-electron chi connectivity index (χ2n) is 5.71. The summed E-state index contributed by atoms with van der Waals surface area (Å²) in [4.78, 5) is 36.9. The van der Waals surface area contributed by atoms with Crippen LogP contribution in [0.2, 0.25) is 0 Å². The van der Waals surface area contributed by atoms with Gasteiger partial charge in [0, 0.05) is 19.9 Å². The molecule has 9 heteroatoms. The number of carbonyl (C=O) groups is 2. The van der Waals surface area contributed by atoms with Gasteiger partial charge in [0.15, 0.2) is 0 Å². The zero-order valence-electron chi connectivity index (χ0n) is 13.1. The normalized spacial score (nSPS) is 11.1. The van der Waals surface area contributed by atoms with E-state index in [4.69, 9.17) is 4.74 Å².